The van der Waals surface area contributed by atoms with Crippen LogP contribution in [-0.2, 0) is 6.54 Å². The van der Waals surface area contributed by atoms with Crippen molar-refractivity contribution in [3.8, 4) is 0 Å². The van der Waals surface area contributed by atoms with Crippen molar-refractivity contribution in [2.45, 2.75) is 36.6 Å². The predicted molar refractivity (Wildman–Crippen MR) is 89.0 cm³/mol. The maximum absolute atomic E-state index is 6.36. The van der Waals surface area contributed by atoms with Gasteiger partial charge in [0.05, 0.1) is 5.02 Å². The van der Waals surface area contributed by atoms with Crippen LogP contribution in [0.2, 0.25) is 5.02 Å². The minimum atomic E-state index is 0.661. The predicted octanol–water partition coefficient (Wildman–Crippen LogP) is 5.00. The average Bonchev–Trinajstić information content (AvgIpc) is 2.78. The molecule has 20 heavy (non-hydrogen) atoms. The number of thiazole rings is 1. The van der Waals surface area contributed by atoms with Gasteiger partial charge in [-0.25, -0.2) is 4.98 Å². The van der Waals surface area contributed by atoms with Gasteiger partial charge in [0, 0.05) is 22.5 Å². The Balaban J connectivity index is 1.98. The van der Waals surface area contributed by atoms with Crippen LogP contribution in [0.4, 0.5) is 0 Å². The molecule has 2 rings (SSSR count). The van der Waals surface area contributed by atoms with Crippen molar-refractivity contribution in [1.82, 2.24) is 10.3 Å². The van der Waals surface area contributed by atoms with E-state index < -0.39 is 0 Å². The molecule has 5 heteroatoms. The Hall–Kier alpha value is -0.550. The molecule has 1 heterocycles. The highest BCUT2D eigenvalue weighted by molar-refractivity contribution is 8.01. The Kier molecular flexibility index (Phi) is 5.90. The van der Waals surface area contributed by atoms with Gasteiger partial charge in [0.25, 0.3) is 0 Å². The highest BCUT2D eigenvalue weighted by Crippen LogP contribution is 2.35. The molecule has 0 saturated heterocycles. The molecule has 1 aromatic carbocycles. The lowest BCUT2D eigenvalue weighted by Gasteiger charge is -2.09. The Morgan fingerprint density at radius 3 is 2.80 bits per heavy atom. The van der Waals surface area contributed by atoms with Crippen molar-refractivity contribution >= 4 is 34.7 Å². The zero-order valence-electron chi connectivity index (χ0n) is 11.9. The third kappa shape index (κ3) is 4.77. The van der Waals surface area contributed by atoms with E-state index in [1.807, 2.05) is 13.0 Å². The van der Waals surface area contributed by atoms with Crippen LogP contribution in [0.5, 0.6) is 0 Å². The molecule has 0 aliphatic heterocycles. The first-order valence-corrected chi connectivity index (χ1v) is 8.71. The van der Waals surface area contributed by atoms with E-state index in [0.717, 1.165) is 33.0 Å². The van der Waals surface area contributed by atoms with Gasteiger partial charge in [-0.15, -0.1) is 11.3 Å². The van der Waals surface area contributed by atoms with Crippen LogP contribution < -0.4 is 5.32 Å². The third-order valence-electron chi connectivity index (χ3n) is 2.67. The fraction of sp³-hybridized carbons (Fsp3) is 0.400. The summed E-state index contributed by atoms with van der Waals surface area (Å²) in [5.74, 6) is 0.661. The number of benzene rings is 1. The molecule has 0 amide bonds. The summed E-state index contributed by atoms with van der Waals surface area (Å²) in [7, 11) is 0. The first-order chi connectivity index (χ1) is 9.54. The summed E-state index contributed by atoms with van der Waals surface area (Å²) in [6, 6.07) is 6.25. The van der Waals surface area contributed by atoms with Gasteiger partial charge in [-0.3, -0.25) is 0 Å². The summed E-state index contributed by atoms with van der Waals surface area (Å²) >= 11 is 9.64. The molecule has 2 aromatic rings. The van der Waals surface area contributed by atoms with E-state index in [0.29, 0.717) is 5.92 Å². The summed E-state index contributed by atoms with van der Waals surface area (Å²) in [4.78, 5) is 5.51. The van der Waals surface area contributed by atoms with E-state index in [1.165, 1.54) is 5.56 Å². The van der Waals surface area contributed by atoms with Crippen molar-refractivity contribution in [3.05, 3.63) is 39.9 Å². The lowest BCUT2D eigenvalue weighted by molar-refractivity contribution is 0.552. The van der Waals surface area contributed by atoms with E-state index in [1.54, 1.807) is 23.1 Å². The van der Waals surface area contributed by atoms with E-state index in [-0.39, 0.29) is 0 Å². The van der Waals surface area contributed by atoms with Crippen LogP contribution in [0.3, 0.4) is 0 Å². The van der Waals surface area contributed by atoms with E-state index in [9.17, 15) is 0 Å². The van der Waals surface area contributed by atoms with Gasteiger partial charge >= 0.3 is 0 Å². The summed E-state index contributed by atoms with van der Waals surface area (Å²) in [5.41, 5.74) is 2.28. The molecule has 0 fully saturated rings. The van der Waals surface area contributed by atoms with Crippen LogP contribution >= 0.6 is 34.7 Å². The Bertz CT molecular complexity index is 567. The van der Waals surface area contributed by atoms with Gasteiger partial charge < -0.3 is 5.32 Å². The molecule has 0 unspecified atom stereocenters. The number of aromatic nitrogens is 1. The van der Waals surface area contributed by atoms with Crippen molar-refractivity contribution in [2.24, 2.45) is 5.92 Å². The van der Waals surface area contributed by atoms with Gasteiger partial charge in [0.2, 0.25) is 0 Å². The second kappa shape index (κ2) is 7.46. The van der Waals surface area contributed by atoms with Crippen LogP contribution in [0.15, 0.2) is 32.8 Å². The number of rotatable bonds is 6. The Labute approximate surface area is 134 Å². The van der Waals surface area contributed by atoms with Gasteiger partial charge in [-0.2, -0.15) is 0 Å². The number of halogens is 1. The molecule has 0 saturated carbocycles. The minimum Gasteiger partial charge on any atom is -0.312 e. The normalized spacial score (nSPS) is 11.2. The molecule has 0 bridgehead atoms. The number of aryl methyl sites for hydroxylation is 1. The zero-order valence-corrected chi connectivity index (χ0v) is 14.3. The Morgan fingerprint density at radius 1 is 1.40 bits per heavy atom. The molecular weight excluding hydrogens is 308 g/mol. The van der Waals surface area contributed by atoms with E-state index in [2.05, 4.69) is 41.7 Å². The summed E-state index contributed by atoms with van der Waals surface area (Å²) < 4.78 is 1.04. The van der Waals surface area contributed by atoms with E-state index in [4.69, 9.17) is 11.6 Å². The zero-order chi connectivity index (χ0) is 14.5. The molecule has 108 valence electrons. The molecule has 0 atom stereocenters. The molecule has 0 spiro atoms. The number of hydrogen-bond donors (Lipinski definition) is 1. The molecule has 0 radical (unpaired) electrons. The molecule has 1 aromatic heterocycles. The number of nitrogens with one attached hydrogen (secondary N) is 1. The van der Waals surface area contributed by atoms with Crippen molar-refractivity contribution < 1.29 is 0 Å². The second-order valence-electron chi connectivity index (χ2n) is 5.15. The SMILES string of the molecule is Cc1csc(Sc2ccc(CNCC(C)C)cc2Cl)n1. The largest absolute Gasteiger partial charge is 0.312 e. The van der Waals surface area contributed by atoms with Crippen molar-refractivity contribution in [2.75, 3.05) is 6.54 Å². The van der Waals surface area contributed by atoms with Crippen LogP contribution in [0.1, 0.15) is 25.1 Å². The van der Waals surface area contributed by atoms with Crippen LogP contribution in [0, 0.1) is 12.8 Å². The lowest BCUT2D eigenvalue weighted by Crippen LogP contribution is -2.18. The molecule has 1 N–H and O–H groups in total. The number of hydrogen-bond acceptors (Lipinski definition) is 4. The van der Waals surface area contributed by atoms with Crippen molar-refractivity contribution in [3.63, 3.8) is 0 Å². The lowest BCUT2D eigenvalue weighted by atomic mass is 10.2. The maximum atomic E-state index is 6.36. The standard InChI is InChI=1S/C15H19ClN2S2/c1-10(2)7-17-8-12-4-5-14(13(16)6-12)20-15-18-11(3)9-19-15/h4-6,9-10,17H,7-8H2,1-3H3. The first kappa shape index (κ1) is 15.8. The highest BCUT2D eigenvalue weighted by Gasteiger charge is 2.07. The highest BCUT2D eigenvalue weighted by atomic mass is 35.5. The maximum Gasteiger partial charge on any atom is 0.154 e. The Morgan fingerprint density at radius 2 is 2.20 bits per heavy atom. The van der Waals surface area contributed by atoms with Gasteiger partial charge in [-0.1, -0.05) is 43.3 Å². The van der Waals surface area contributed by atoms with E-state index >= 15 is 0 Å². The summed E-state index contributed by atoms with van der Waals surface area (Å²) in [6.07, 6.45) is 0. The summed E-state index contributed by atoms with van der Waals surface area (Å²) in [5, 5.41) is 6.28. The minimum absolute atomic E-state index is 0.661. The molecular formula is C15H19ClN2S2. The number of nitrogens with zero attached hydrogens (tertiary/aromatic N) is 1. The quantitative estimate of drug-likeness (QED) is 0.808. The third-order valence-corrected chi connectivity index (χ3v) is 5.23. The van der Waals surface area contributed by atoms with Gasteiger partial charge in [-0.05, 0) is 37.1 Å². The molecule has 2 nitrogen and oxygen atoms in total. The fourth-order valence-corrected chi connectivity index (χ4v) is 3.83. The molecule has 0 aliphatic rings. The average molecular weight is 327 g/mol. The summed E-state index contributed by atoms with van der Waals surface area (Å²) in [6.45, 7) is 8.29. The van der Waals surface area contributed by atoms with Gasteiger partial charge in [0.15, 0.2) is 4.34 Å². The van der Waals surface area contributed by atoms with Crippen molar-refractivity contribution in [1.29, 1.82) is 0 Å². The molecule has 0 aliphatic carbocycles. The first-order valence-electron chi connectivity index (χ1n) is 6.63. The smallest absolute Gasteiger partial charge is 0.154 e. The monoisotopic (exact) mass is 326 g/mol. The second-order valence-corrected chi connectivity index (χ2v) is 7.70. The van der Waals surface area contributed by atoms with Gasteiger partial charge in [0.1, 0.15) is 0 Å². The fourth-order valence-electron chi connectivity index (χ4n) is 1.72. The topological polar surface area (TPSA) is 24.9 Å². The van der Waals surface area contributed by atoms with Crippen LogP contribution in [-0.4, -0.2) is 11.5 Å². The van der Waals surface area contributed by atoms with Crippen LogP contribution in [0.25, 0.3) is 0 Å².